The van der Waals surface area contributed by atoms with Crippen LogP contribution in [0, 0.1) is 0 Å². The average molecular weight is 380 g/mol. The first-order valence-electron chi connectivity index (χ1n) is 6.37. The molecule has 0 spiro atoms. The van der Waals surface area contributed by atoms with E-state index in [9.17, 15) is 9.59 Å². The van der Waals surface area contributed by atoms with Gasteiger partial charge in [0.2, 0.25) is 5.27 Å². The summed E-state index contributed by atoms with van der Waals surface area (Å²) in [6, 6.07) is 0. The van der Waals surface area contributed by atoms with Gasteiger partial charge in [0.1, 0.15) is 5.88 Å². The van der Waals surface area contributed by atoms with E-state index in [4.69, 9.17) is 4.52 Å². The van der Waals surface area contributed by atoms with Gasteiger partial charge in [0, 0.05) is 25.8 Å². The minimum Gasteiger partial charge on any atom is -0.588 e. The highest BCUT2D eigenvalue weighted by Crippen LogP contribution is 2.16. The molecule has 8 nitrogen and oxygen atoms in total. The molecule has 0 atom stereocenters. The number of hydrogen-bond acceptors (Lipinski definition) is 7. The lowest BCUT2D eigenvalue weighted by Gasteiger charge is -2.19. The van der Waals surface area contributed by atoms with E-state index in [1.165, 1.54) is 6.92 Å². The summed E-state index contributed by atoms with van der Waals surface area (Å²) in [5.74, 6) is 0.299. The predicted molar refractivity (Wildman–Crippen MR) is 83.6 cm³/mol. The summed E-state index contributed by atoms with van der Waals surface area (Å²) in [4.78, 5) is 23.9. The Morgan fingerprint density at radius 2 is 2.24 bits per heavy atom. The highest BCUT2D eigenvalue weighted by Gasteiger charge is 2.20. The first-order valence-corrected chi connectivity index (χ1v) is 7.36. The third-order valence-corrected chi connectivity index (χ3v) is 3.50. The van der Waals surface area contributed by atoms with Gasteiger partial charge in [-0.3, -0.25) is 4.79 Å². The highest BCUT2D eigenvalue weighted by molar-refractivity contribution is 8.93. The zero-order valence-corrected chi connectivity index (χ0v) is 14.2. The molecule has 21 heavy (non-hydrogen) atoms. The van der Waals surface area contributed by atoms with Gasteiger partial charge in [-0.25, -0.2) is 0 Å². The molecule has 0 unspecified atom stereocenters. The summed E-state index contributed by atoms with van der Waals surface area (Å²) in [6.07, 6.45) is 1.79. The molecular weight excluding hydrogens is 362 g/mol. The molecule has 0 radical (unpaired) electrons. The van der Waals surface area contributed by atoms with Gasteiger partial charge in [-0.15, -0.1) is 17.0 Å². The van der Waals surface area contributed by atoms with Crippen LogP contribution in [-0.2, 0) is 9.59 Å². The van der Waals surface area contributed by atoms with E-state index in [0.717, 1.165) is 37.9 Å². The predicted octanol–water partition coefficient (Wildman–Crippen LogP) is 0.283. The second-order valence-electron chi connectivity index (χ2n) is 4.26. The van der Waals surface area contributed by atoms with Crippen LogP contribution in [0.25, 0.3) is 5.32 Å². The van der Waals surface area contributed by atoms with Crippen molar-refractivity contribution >= 4 is 45.6 Å². The number of halogens is 1. The van der Waals surface area contributed by atoms with Gasteiger partial charge in [-0.1, -0.05) is 11.8 Å². The number of aromatic nitrogens is 2. The molecule has 0 saturated carbocycles. The zero-order valence-electron chi connectivity index (χ0n) is 11.7. The maximum Gasteiger partial charge on any atom is 0.257 e. The minimum absolute atomic E-state index is 0. The first kappa shape index (κ1) is 17.9. The Hall–Kier alpha value is -1.13. The SMILES string of the molecule is Br.CC(=O)SCCC(=O)[N-]c1c[n+](N2CCNCC2)no1. The Balaban J connectivity index is 0.00000220. The standard InChI is InChI=1S/C11H17N5O3S.BrH/c1-9(17)20-7-2-10(18)13-11-8-16(14-19-11)15-5-3-12-4-6-15;/h8,12H,2-7H2,1H3;1H. The minimum atomic E-state index is -0.317. The topological polar surface area (TPSA) is 93.4 Å². The van der Waals surface area contributed by atoms with Crippen LogP contribution in [0.15, 0.2) is 10.7 Å². The van der Waals surface area contributed by atoms with E-state index in [1.807, 2.05) is 5.01 Å². The molecule has 1 saturated heterocycles. The van der Waals surface area contributed by atoms with Crippen LogP contribution in [-0.4, -0.2) is 48.2 Å². The van der Waals surface area contributed by atoms with E-state index >= 15 is 0 Å². The quantitative estimate of drug-likeness (QED) is 0.734. The highest BCUT2D eigenvalue weighted by atomic mass is 79.9. The molecule has 0 aliphatic carbocycles. The molecule has 1 amide bonds. The van der Waals surface area contributed by atoms with E-state index in [-0.39, 0.29) is 40.3 Å². The molecule has 1 aliphatic heterocycles. The van der Waals surface area contributed by atoms with Crippen LogP contribution in [0.4, 0.5) is 5.88 Å². The van der Waals surface area contributed by atoms with Crippen molar-refractivity contribution in [3.63, 3.8) is 0 Å². The molecule has 1 fully saturated rings. The largest absolute Gasteiger partial charge is 0.588 e. The van der Waals surface area contributed by atoms with Crippen molar-refractivity contribution in [3.05, 3.63) is 11.5 Å². The zero-order chi connectivity index (χ0) is 14.4. The maximum atomic E-state index is 11.6. The van der Waals surface area contributed by atoms with Gasteiger partial charge >= 0.3 is 0 Å². The van der Waals surface area contributed by atoms with Gasteiger partial charge in [0.05, 0.1) is 23.8 Å². The van der Waals surface area contributed by atoms with Crippen molar-refractivity contribution in [3.8, 4) is 0 Å². The average Bonchev–Trinajstić information content (AvgIpc) is 2.88. The normalized spacial score (nSPS) is 14.4. The number of carbonyl (C=O) groups excluding carboxylic acids is 2. The van der Waals surface area contributed by atoms with Crippen LogP contribution in [0.5, 0.6) is 0 Å². The lowest BCUT2D eigenvalue weighted by atomic mass is 10.4. The Kier molecular flexibility index (Phi) is 7.68. The number of hydrogen-bond donors (Lipinski definition) is 1. The monoisotopic (exact) mass is 379 g/mol. The fourth-order valence-electron chi connectivity index (χ4n) is 1.73. The molecule has 2 heterocycles. The van der Waals surface area contributed by atoms with E-state index in [0.29, 0.717) is 5.75 Å². The maximum absolute atomic E-state index is 11.6. The summed E-state index contributed by atoms with van der Waals surface area (Å²) < 4.78 is 5.01. The van der Waals surface area contributed by atoms with E-state index in [2.05, 4.69) is 15.9 Å². The number of nitrogens with zero attached hydrogens (tertiary/aromatic N) is 4. The summed E-state index contributed by atoms with van der Waals surface area (Å²) in [7, 11) is 0. The van der Waals surface area contributed by atoms with Crippen LogP contribution in [0.3, 0.4) is 0 Å². The lowest BCUT2D eigenvalue weighted by molar-refractivity contribution is -0.758. The number of amides is 1. The Morgan fingerprint density at radius 3 is 2.90 bits per heavy atom. The molecule has 1 aromatic rings. The van der Waals surface area contributed by atoms with Crippen LogP contribution >= 0.6 is 28.7 Å². The molecule has 2 rings (SSSR count). The van der Waals surface area contributed by atoms with Crippen molar-refractivity contribution in [2.45, 2.75) is 13.3 Å². The van der Waals surface area contributed by atoms with Crippen molar-refractivity contribution in [1.82, 2.24) is 10.6 Å². The third kappa shape index (κ3) is 6.02. The first-order chi connectivity index (χ1) is 9.65. The van der Waals surface area contributed by atoms with Gasteiger partial charge in [-0.05, 0) is 6.42 Å². The van der Waals surface area contributed by atoms with E-state index in [1.54, 1.807) is 11.0 Å². The molecule has 10 heteroatoms. The summed E-state index contributed by atoms with van der Waals surface area (Å²) >= 11 is 1.11. The molecule has 1 N–H and O–H groups in total. The fourth-order valence-corrected chi connectivity index (χ4v) is 2.30. The second kappa shape index (κ2) is 9.00. The van der Waals surface area contributed by atoms with Crippen molar-refractivity contribution in [2.24, 2.45) is 0 Å². The fraction of sp³-hybridized carbons (Fsp3) is 0.636. The Bertz CT molecular complexity index is 478. The van der Waals surface area contributed by atoms with Crippen molar-refractivity contribution in [2.75, 3.05) is 36.9 Å². The summed E-state index contributed by atoms with van der Waals surface area (Å²) in [5, 5.41) is 12.9. The second-order valence-corrected chi connectivity index (χ2v) is 5.53. The van der Waals surface area contributed by atoms with Crippen LogP contribution in [0.2, 0.25) is 0 Å². The van der Waals surface area contributed by atoms with Gasteiger partial charge in [-0.2, -0.15) is 5.01 Å². The smallest absolute Gasteiger partial charge is 0.257 e. The van der Waals surface area contributed by atoms with Gasteiger partial charge in [0.15, 0.2) is 5.12 Å². The lowest BCUT2D eigenvalue weighted by Crippen LogP contribution is -2.64. The van der Waals surface area contributed by atoms with Crippen molar-refractivity contribution in [1.29, 1.82) is 0 Å². The van der Waals surface area contributed by atoms with Crippen LogP contribution < -0.4 is 15.1 Å². The molecule has 1 aromatic heterocycles. The molecule has 118 valence electrons. The molecule has 0 bridgehead atoms. The number of piperazine rings is 1. The molecular formula is C11H18BrN5O3S. The number of thioether (sulfide) groups is 1. The molecule has 0 aromatic carbocycles. The third-order valence-electron chi connectivity index (χ3n) is 2.68. The number of rotatable bonds is 5. The van der Waals surface area contributed by atoms with Crippen LogP contribution in [0.1, 0.15) is 13.3 Å². The van der Waals surface area contributed by atoms with Gasteiger partial charge < -0.3 is 20.0 Å². The Labute approximate surface area is 137 Å². The van der Waals surface area contributed by atoms with Crippen molar-refractivity contribution < 1.29 is 18.9 Å². The number of nitrogens with one attached hydrogen (secondary N) is 1. The van der Waals surface area contributed by atoms with Gasteiger partial charge in [0.25, 0.3) is 6.20 Å². The van der Waals surface area contributed by atoms with E-state index < -0.39 is 0 Å². The summed E-state index contributed by atoms with van der Waals surface area (Å²) in [5.41, 5.74) is 0. The number of carbonyl (C=O) groups is 2. The molecule has 1 aliphatic rings. The summed E-state index contributed by atoms with van der Waals surface area (Å²) in [6.45, 7) is 4.87. The Morgan fingerprint density at radius 1 is 1.52 bits per heavy atom.